The lowest BCUT2D eigenvalue weighted by Crippen LogP contribution is -2.28. The van der Waals surface area contributed by atoms with Crippen LogP contribution in [0.3, 0.4) is 0 Å². The molecule has 0 unspecified atom stereocenters. The first-order chi connectivity index (χ1) is 10.5. The van der Waals surface area contributed by atoms with Gasteiger partial charge in [-0.25, -0.2) is 0 Å². The van der Waals surface area contributed by atoms with E-state index in [0.29, 0.717) is 23.7 Å². The van der Waals surface area contributed by atoms with E-state index in [0.717, 1.165) is 27.7 Å². The first-order valence-electron chi connectivity index (χ1n) is 7.12. The summed E-state index contributed by atoms with van der Waals surface area (Å²) in [7, 11) is -0.862. The van der Waals surface area contributed by atoms with Gasteiger partial charge in [0.05, 0.1) is 12.2 Å². The van der Waals surface area contributed by atoms with Crippen molar-refractivity contribution in [3.8, 4) is 17.6 Å². The molecule has 0 bridgehead atoms. The molecule has 1 N–H and O–H groups in total. The molecule has 1 aliphatic rings. The van der Waals surface area contributed by atoms with Crippen molar-refractivity contribution in [2.45, 2.75) is 27.4 Å². The fraction of sp³-hybridized carbons (Fsp3) is 0.235. The van der Waals surface area contributed by atoms with Crippen LogP contribution in [0.15, 0.2) is 24.3 Å². The molecule has 2 aromatic carbocycles. The largest absolute Gasteiger partial charge is 0.491 e. The van der Waals surface area contributed by atoms with Crippen molar-refractivity contribution in [3.05, 3.63) is 52.1 Å². The first kappa shape index (κ1) is 14.6. The minimum atomic E-state index is -0.862. The number of hydrogen-bond donors (Lipinski definition) is 1. The number of benzene rings is 2. The molecule has 0 saturated heterocycles. The van der Waals surface area contributed by atoms with Gasteiger partial charge in [0, 0.05) is 0 Å². The topological polar surface area (TPSA) is 62.5 Å². The van der Waals surface area contributed by atoms with Crippen LogP contribution in [0.1, 0.15) is 27.8 Å². The van der Waals surface area contributed by atoms with E-state index in [-0.39, 0.29) is 0 Å². The maximum Gasteiger partial charge on any atom is 0.491 e. The van der Waals surface area contributed by atoms with E-state index in [1.807, 2.05) is 45.0 Å². The Morgan fingerprint density at radius 2 is 1.82 bits per heavy atom. The van der Waals surface area contributed by atoms with Crippen LogP contribution in [0, 0.1) is 32.1 Å². The third-order valence-corrected chi connectivity index (χ3v) is 4.04. The maximum atomic E-state index is 9.73. The van der Waals surface area contributed by atoms with Gasteiger partial charge in [-0.3, -0.25) is 0 Å². The molecule has 1 heterocycles. The Morgan fingerprint density at radius 1 is 1.09 bits per heavy atom. The molecule has 5 heteroatoms. The molecule has 0 spiro atoms. The molecular formula is C17H16BNO3. The summed E-state index contributed by atoms with van der Waals surface area (Å²) in [5, 5.41) is 19.0. The summed E-state index contributed by atoms with van der Waals surface area (Å²) < 4.78 is 11.2. The smallest absolute Gasteiger partial charge is 0.456 e. The van der Waals surface area contributed by atoms with Crippen molar-refractivity contribution in [2.24, 2.45) is 0 Å². The fourth-order valence-electron chi connectivity index (χ4n) is 2.56. The molecule has 22 heavy (non-hydrogen) atoms. The first-order valence-corrected chi connectivity index (χ1v) is 7.12. The zero-order chi connectivity index (χ0) is 15.9. The van der Waals surface area contributed by atoms with Gasteiger partial charge in [-0.15, -0.1) is 0 Å². The van der Waals surface area contributed by atoms with E-state index in [4.69, 9.17) is 9.39 Å². The van der Waals surface area contributed by atoms with Gasteiger partial charge in [0.25, 0.3) is 0 Å². The number of fused-ring (bicyclic) bond motifs is 1. The van der Waals surface area contributed by atoms with Gasteiger partial charge in [-0.05, 0) is 66.7 Å². The molecule has 2 aromatic rings. The maximum absolute atomic E-state index is 9.73. The Morgan fingerprint density at radius 3 is 2.55 bits per heavy atom. The molecule has 0 aromatic heterocycles. The Bertz CT molecular complexity index is 795. The van der Waals surface area contributed by atoms with Crippen molar-refractivity contribution in [1.29, 1.82) is 5.26 Å². The average molecular weight is 293 g/mol. The second-order valence-electron chi connectivity index (χ2n) is 5.63. The van der Waals surface area contributed by atoms with E-state index in [1.54, 1.807) is 0 Å². The van der Waals surface area contributed by atoms with Gasteiger partial charge in [-0.2, -0.15) is 5.26 Å². The molecule has 110 valence electrons. The van der Waals surface area contributed by atoms with Crippen molar-refractivity contribution in [2.75, 3.05) is 0 Å². The van der Waals surface area contributed by atoms with Crippen LogP contribution in [0.2, 0.25) is 0 Å². The highest BCUT2D eigenvalue weighted by atomic mass is 16.5. The number of nitrogens with zero attached hydrogens (tertiary/aromatic N) is 1. The van der Waals surface area contributed by atoms with Gasteiger partial charge in [0.15, 0.2) is 0 Å². The monoisotopic (exact) mass is 293 g/mol. The van der Waals surface area contributed by atoms with E-state index in [1.165, 1.54) is 0 Å². The number of rotatable bonds is 2. The molecule has 4 nitrogen and oxygen atoms in total. The van der Waals surface area contributed by atoms with Gasteiger partial charge >= 0.3 is 7.12 Å². The van der Waals surface area contributed by atoms with Crippen LogP contribution in [0.25, 0.3) is 0 Å². The Balaban J connectivity index is 2.01. The summed E-state index contributed by atoms with van der Waals surface area (Å²) in [5.74, 6) is 1.23. The summed E-state index contributed by atoms with van der Waals surface area (Å²) in [5.41, 5.74) is 5.24. The highest BCUT2D eigenvalue weighted by molar-refractivity contribution is 6.61. The Kier molecular flexibility index (Phi) is 3.65. The van der Waals surface area contributed by atoms with E-state index >= 15 is 0 Å². The molecule has 0 aliphatic carbocycles. The lowest BCUT2D eigenvalue weighted by Gasteiger charge is -2.13. The zero-order valence-electron chi connectivity index (χ0n) is 12.8. The van der Waals surface area contributed by atoms with E-state index < -0.39 is 7.12 Å². The minimum Gasteiger partial charge on any atom is -0.456 e. The minimum absolute atomic E-state index is 0.366. The normalized spacial score (nSPS) is 13.0. The molecule has 0 saturated carbocycles. The van der Waals surface area contributed by atoms with Gasteiger partial charge in [0.2, 0.25) is 0 Å². The third-order valence-electron chi connectivity index (χ3n) is 4.04. The lowest BCUT2D eigenvalue weighted by atomic mass is 9.79. The summed E-state index contributed by atoms with van der Waals surface area (Å²) >= 11 is 0. The van der Waals surface area contributed by atoms with Gasteiger partial charge < -0.3 is 14.4 Å². The van der Waals surface area contributed by atoms with Crippen molar-refractivity contribution in [1.82, 2.24) is 0 Å². The van der Waals surface area contributed by atoms with Crippen LogP contribution < -0.4 is 10.2 Å². The second kappa shape index (κ2) is 5.49. The highest BCUT2D eigenvalue weighted by Gasteiger charge is 2.28. The average Bonchev–Trinajstić information content (AvgIpc) is 2.84. The van der Waals surface area contributed by atoms with Crippen LogP contribution >= 0.6 is 0 Å². The molecule has 0 amide bonds. The predicted molar refractivity (Wildman–Crippen MR) is 84.3 cm³/mol. The molecule has 3 rings (SSSR count). The molecule has 0 fully saturated rings. The van der Waals surface area contributed by atoms with Crippen molar-refractivity contribution < 1.29 is 14.4 Å². The second-order valence-corrected chi connectivity index (χ2v) is 5.63. The van der Waals surface area contributed by atoms with E-state index in [2.05, 4.69) is 6.07 Å². The van der Waals surface area contributed by atoms with Crippen LogP contribution in [-0.4, -0.2) is 12.1 Å². The Hall–Kier alpha value is -2.29. The van der Waals surface area contributed by atoms with Crippen LogP contribution in [-0.2, 0) is 11.3 Å². The SMILES string of the molecule is Cc1cc(C#N)c(Oc2cc3c(cc2C)B(O)OC3)cc1C. The van der Waals surface area contributed by atoms with Crippen LogP contribution in [0.5, 0.6) is 11.5 Å². The highest BCUT2D eigenvalue weighted by Crippen LogP contribution is 2.31. The third kappa shape index (κ3) is 2.48. The molecular weight excluding hydrogens is 277 g/mol. The quantitative estimate of drug-likeness (QED) is 0.864. The number of ether oxygens (including phenoxy) is 1. The summed E-state index contributed by atoms with van der Waals surface area (Å²) in [6, 6.07) is 9.63. The fourth-order valence-corrected chi connectivity index (χ4v) is 2.56. The van der Waals surface area contributed by atoms with Gasteiger partial charge in [0.1, 0.15) is 17.6 Å². The number of hydrogen-bond acceptors (Lipinski definition) is 4. The number of nitriles is 1. The predicted octanol–water partition coefficient (Wildman–Crippen LogP) is 2.49. The standard InChI is InChI=1S/C17H16BNO3/c1-10-4-13(8-19)17(6-11(10)2)22-16-7-14-9-21-18(20)15(14)5-12(16)3/h4-7,20H,9H2,1-3H3. The molecule has 0 atom stereocenters. The van der Waals surface area contributed by atoms with Crippen LogP contribution in [0.4, 0.5) is 0 Å². The Labute approximate surface area is 130 Å². The lowest BCUT2D eigenvalue weighted by molar-refractivity contribution is 0.275. The van der Waals surface area contributed by atoms with Crippen molar-refractivity contribution in [3.63, 3.8) is 0 Å². The molecule has 0 radical (unpaired) electrons. The van der Waals surface area contributed by atoms with Gasteiger partial charge in [-0.1, -0.05) is 6.07 Å². The molecule has 1 aliphatic heterocycles. The number of aryl methyl sites for hydroxylation is 3. The summed E-state index contributed by atoms with van der Waals surface area (Å²) in [4.78, 5) is 0. The van der Waals surface area contributed by atoms with Crippen molar-refractivity contribution >= 4 is 12.6 Å². The summed E-state index contributed by atoms with van der Waals surface area (Å²) in [6.45, 7) is 6.24. The zero-order valence-corrected chi connectivity index (χ0v) is 12.8. The summed E-state index contributed by atoms with van der Waals surface area (Å²) in [6.07, 6.45) is 0. The van der Waals surface area contributed by atoms with E-state index in [9.17, 15) is 10.3 Å².